The zero-order valence-corrected chi connectivity index (χ0v) is 11.8. The zero-order valence-electron chi connectivity index (χ0n) is 11.0. The maximum Gasteiger partial charge on any atom is 0.199 e. The second-order valence-electron chi connectivity index (χ2n) is 4.40. The topological polar surface area (TPSA) is 47.5 Å². The van der Waals surface area contributed by atoms with Gasteiger partial charge in [-0.15, -0.1) is 0 Å². The highest BCUT2D eigenvalue weighted by Crippen LogP contribution is 2.34. The van der Waals surface area contributed by atoms with Crippen LogP contribution in [-0.4, -0.2) is 30.2 Å². The van der Waals surface area contributed by atoms with Crippen molar-refractivity contribution in [2.24, 2.45) is 0 Å². The van der Waals surface area contributed by atoms with Crippen molar-refractivity contribution in [3.8, 4) is 11.5 Å². The van der Waals surface area contributed by atoms with Gasteiger partial charge in [-0.1, -0.05) is 29.8 Å². The summed E-state index contributed by atoms with van der Waals surface area (Å²) < 4.78 is 11.1. The molecule has 0 fully saturated rings. The number of anilines is 1. The lowest BCUT2D eigenvalue weighted by Crippen LogP contribution is -2.26. The summed E-state index contributed by atoms with van der Waals surface area (Å²) in [6.45, 7) is 1.99. The first kappa shape index (κ1) is 13.0. The molecule has 104 valence electrons. The molecule has 20 heavy (non-hydrogen) atoms. The van der Waals surface area contributed by atoms with Gasteiger partial charge in [0.15, 0.2) is 16.7 Å². The molecule has 0 atom stereocenters. The molecular weight excluding hydrogens is 278 g/mol. The number of para-hydroxylation sites is 1. The van der Waals surface area contributed by atoms with E-state index >= 15 is 0 Å². The lowest BCUT2D eigenvalue weighted by molar-refractivity contribution is 0.331. The molecule has 1 aromatic carbocycles. The third kappa shape index (κ3) is 2.36. The van der Waals surface area contributed by atoms with Crippen LogP contribution in [0, 0.1) is 0 Å². The van der Waals surface area contributed by atoms with E-state index in [1.807, 2.05) is 24.3 Å². The van der Waals surface area contributed by atoms with E-state index in [0.717, 1.165) is 11.3 Å². The van der Waals surface area contributed by atoms with E-state index in [4.69, 9.17) is 21.1 Å². The van der Waals surface area contributed by atoms with Crippen molar-refractivity contribution in [3.05, 3.63) is 41.3 Å². The van der Waals surface area contributed by atoms with Gasteiger partial charge in [-0.2, -0.15) is 0 Å². The number of methoxy groups -OCH3 is 1. The number of benzene rings is 1. The molecule has 5 nitrogen and oxygen atoms in total. The van der Waals surface area contributed by atoms with Gasteiger partial charge in [0.05, 0.1) is 13.7 Å². The third-order valence-corrected chi connectivity index (χ3v) is 3.47. The van der Waals surface area contributed by atoms with Gasteiger partial charge in [0, 0.05) is 12.1 Å². The van der Waals surface area contributed by atoms with Crippen LogP contribution >= 0.6 is 11.6 Å². The number of aromatic nitrogens is 2. The Kier molecular flexibility index (Phi) is 3.60. The molecule has 2 aromatic rings. The van der Waals surface area contributed by atoms with Crippen LogP contribution in [0.4, 0.5) is 5.82 Å². The molecule has 0 saturated heterocycles. The highest BCUT2D eigenvalue weighted by atomic mass is 35.5. The van der Waals surface area contributed by atoms with Crippen LogP contribution in [0.15, 0.2) is 30.6 Å². The molecule has 0 spiro atoms. The molecule has 1 aliphatic heterocycles. The molecule has 2 heterocycles. The van der Waals surface area contributed by atoms with Crippen LogP contribution in [0.25, 0.3) is 0 Å². The Morgan fingerprint density at radius 1 is 1.30 bits per heavy atom. The van der Waals surface area contributed by atoms with E-state index in [1.54, 1.807) is 7.11 Å². The third-order valence-electron chi connectivity index (χ3n) is 3.20. The van der Waals surface area contributed by atoms with Crippen LogP contribution in [0.3, 0.4) is 0 Å². The van der Waals surface area contributed by atoms with E-state index in [-0.39, 0.29) is 0 Å². The summed E-state index contributed by atoms with van der Waals surface area (Å²) in [5.74, 6) is 2.09. The minimum absolute atomic E-state index is 0.316. The molecule has 3 rings (SSSR count). The minimum Gasteiger partial charge on any atom is -0.491 e. The summed E-state index contributed by atoms with van der Waals surface area (Å²) in [6.07, 6.45) is 1.44. The molecule has 1 aromatic heterocycles. The number of fused-ring (bicyclic) bond motifs is 1. The number of hydrogen-bond acceptors (Lipinski definition) is 5. The van der Waals surface area contributed by atoms with Crippen LogP contribution in [-0.2, 0) is 6.54 Å². The molecular formula is C14H14ClN3O2. The largest absolute Gasteiger partial charge is 0.491 e. The summed E-state index contributed by atoms with van der Waals surface area (Å²) in [4.78, 5) is 10.3. The van der Waals surface area contributed by atoms with Crippen molar-refractivity contribution in [1.29, 1.82) is 0 Å². The average Bonchev–Trinajstić information content (AvgIpc) is 2.69. The van der Waals surface area contributed by atoms with E-state index in [0.29, 0.717) is 36.4 Å². The normalized spacial score (nSPS) is 14.2. The van der Waals surface area contributed by atoms with Crippen molar-refractivity contribution in [3.63, 3.8) is 0 Å². The smallest absolute Gasteiger partial charge is 0.199 e. The quantitative estimate of drug-likeness (QED) is 0.796. The predicted octanol–water partition coefficient (Wildman–Crippen LogP) is 2.54. The van der Waals surface area contributed by atoms with Gasteiger partial charge in [-0.25, -0.2) is 9.97 Å². The molecule has 0 unspecified atom stereocenters. The Morgan fingerprint density at radius 3 is 3.00 bits per heavy atom. The number of nitrogens with zero attached hydrogens (tertiary/aromatic N) is 3. The van der Waals surface area contributed by atoms with Gasteiger partial charge < -0.3 is 14.4 Å². The Labute approximate surface area is 122 Å². The van der Waals surface area contributed by atoms with Gasteiger partial charge in [0.2, 0.25) is 0 Å². The number of hydrogen-bond donors (Lipinski definition) is 0. The van der Waals surface area contributed by atoms with Crippen LogP contribution in [0.2, 0.25) is 5.15 Å². The summed E-state index contributed by atoms with van der Waals surface area (Å²) in [5, 5.41) is 0.316. The molecule has 1 aliphatic rings. The Bertz CT molecular complexity index is 621. The lowest BCUT2D eigenvalue weighted by atomic mass is 10.2. The maximum atomic E-state index is 6.06. The molecule has 0 bridgehead atoms. The second kappa shape index (κ2) is 5.54. The second-order valence-corrected chi connectivity index (χ2v) is 4.76. The number of ether oxygens (including phenoxy) is 2. The van der Waals surface area contributed by atoms with Gasteiger partial charge in [0.1, 0.15) is 18.7 Å². The van der Waals surface area contributed by atoms with E-state index in [1.165, 1.54) is 6.33 Å². The molecule has 0 N–H and O–H groups in total. The highest BCUT2D eigenvalue weighted by molar-refractivity contribution is 6.31. The van der Waals surface area contributed by atoms with Gasteiger partial charge in [-0.05, 0) is 6.07 Å². The SMILES string of the molecule is COc1c(Cl)ncnc1N1CCOc2ccccc2C1. The van der Waals surface area contributed by atoms with Crippen molar-refractivity contribution < 1.29 is 9.47 Å². The highest BCUT2D eigenvalue weighted by Gasteiger charge is 2.21. The molecule has 0 aliphatic carbocycles. The number of rotatable bonds is 2. The van der Waals surface area contributed by atoms with Crippen molar-refractivity contribution in [1.82, 2.24) is 9.97 Å². The first-order valence-electron chi connectivity index (χ1n) is 6.29. The first-order chi connectivity index (χ1) is 9.79. The van der Waals surface area contributed by atoms with Gasteiger partial charge in [-0.3, -0.25) is 0 Å². The molecule has 6 heteroatoms. The fourth-order valence-corrected chi connectivity index (χ4v) is 2.46. The lowest BCUT2D eigenvalue weighted by Gasteiger charge is -2.22. The van der Waals surface area contributed by atoms with Crippen molar-refractivity contribution in [2.75, 3.05) is 25.2 Å². The fourth-order valence-electron chi connectivity index (χ4n) is 2.25. The summed E-state index contributed by atoms with van der Waals surface area (Å²) in [5.41, 5.74) is 1.11. The average molecular weight is 292 g/mol. The molecule has 0 saturated carbocycles. The standard InChI is InChI=1S/C14H14ClN3O2/c1-19-12-13(15)16-9-17-14(12)18-6-7-20-11-5-3-2-4-10(11)8-18/h2-5,9H,6-8H2,1H3. The van der Waals surface area contributed by atoms with E-state index in [2.05, 4.69) is 14.9 Å². The summed E-state index contributed by atoms with van der Waals surface area (Å²) >= 11 is 6.06. The fraction of sp³-hybridized carbons (Fsp3) is 0.286. The summed E-state index contributed by atoms with van der Waals surface area (Å²) in [6, 6.07) is 7.98. The maximum absolute atomic E-state index is 6.06. The van der Waals surface area contributed by atoms with Gasteiger partial charge in [0.25, 0.3) is 0 Å². The molecule has 0 radical (unpaired) electrons. The van der Waals surface area contributed by atoms with E-state index in [9.17, 15) is 0 Å². The number of halogens is 1. The Hall–Kier alpha value is -2.01. The van der Waals surface area contributed by atoms with Crippen LogP contribution in [0.1, 0.15) is 5.56 Å². The first-order valence-corrected chi connectivity index (χ1v) is 6.67. The van der Waals surface area contributed by atoms with Crippen molar-refractivity contribution >= 4 is 17.4 Å². The Balaban J connectivity index is 1.98. The Morgan fingerprint density at radius 2 is 2.15 bits per heavy atom. The predicted molar refractivity (Wildman–Crippen MR) is 76.6 cm³/mol. The zero-order chi connectivity index (χ0) is 13.9. The van der Waals surface area contributed by atoms with E-state index < -0.39 is 0 Å². The monoisotopic (exact) mass is 291 g/mol. The summed E-state index contributed by atoms with van der Waals surface area (Å²) in [7, 11) is 1.57. The van der Waals surface area contributed by atoms with Crippen LogP contribution in [0.5, 0.6) is 11.5 Å². The minimum atomic E-state index is 0.316. The van der Waals surface area contributed by atoms with Gasteiger partial charge >= 0.3 is 0 Å². The van der Waals surface area contributed by atoms with Crippen LogP contribution < -0.4 is 14.4 Å². The van der Waals surface area contributed by atoms with Crippen molar-refractivity contribution in [2.45, 2.75) is 6.54 Å². The molecule has 0 amide bonds.